The van der Waals surface area contributed by atoms with Crippen LogP contribution in [0.15, 0.2) is 78.9 Å². The minimum atomic E-state index is -0.841. The van der Waals surface area contributed by atoms with Crippen LogP contribution in [0.1, 0.15) is 58.2 Å². The molecular weight excluding hydrogens is 578 g/mol. The average molecular weight is 612 g/mol. The van der Waals surface area contributed by atoms with Crippen LogP contribution in [-0.2, 0) is 20.9 Å². The summed E-state index contributed by atoms with van der Waals surface area (Å²) in [6.45, 7) is 4.12. The van der Waals surface area contributed by atoms with Crippen molar-refractivity contribution in [2.24, 2.45) is 5.92 Å². The van der Waals surface area contributed by atoms with E-state index in [0.29, 0.717) is 37.2 Å². The molecule has 1 N–H and O–H groups in total. The van der Waals surface area contributed by atoms with E-state index in [1.807, 2.05) is 37.3 Å². The van der Waals surface area contributed by atoms with Gasteiger partial charge in [0.15, 0.2) is 0 Å². The summed E-state index contributed by atoms with van der Waals surface area (Å²) in [6, 6.07) is 20.7. The molecule has 1 fully saturated rings. The van der Waals surface area contributed by atoms with E-state index in [-0.39, 0.29) is 17.9 Å². The fraction of sp³-hybridized carbons (Fsp3) is 0.294. The van der Waals surface area contributed by atoms with Gasteiger partial charge in [-0.15, -0.1) is 0 Å². The summed E-state index contributed by atoms with van der Waals surface area (Å²) in [5.41, 5.74) is 3.07. The molecule has 5 rings (SSSR count). The lowest BCUT2D eigenvalue weighted by Gasteiger charge is -2.36. The minimum absolute atomic E-state index is 0.120. The molecule has 11 heteroatoms. The molecule has 1 aliphatic rings. The number of hydrogen-bond acceptors (Lipinski definition) is 9. The summed E-state index contributed by atoms with van der Waals surface area (Å²) in [4.78, 5) is 54.2. The van der Waals surface area contributed by atoms with E-state index in [2.05, 4.69) is 10.3 Å². The van der Waals surface area contributed by atoms with Crippen molar-refractivity contribution < 1.29 is 33.5 Å². The van der Waals surface area contributed by atoms with E-state index in [1.54, 1.807) is 31.2 Å². The number of rotatable bonds is 10. The number of nitrogens with zero attached hydrogens (tertiary/aromatic N) is 2. The number of pyridine rings is 1. The van der Waals surface area contributed by atoms with Gasteiger partial charge in [-0.1, -0.05) is 18.2 Å². The van der Waals surface area contributed by atoms with Gasteiger partial charge in [0.2, 0.25) is 0 Å². The summed E-state index contributed by atoms with van der Waals surface area (Å²) in [6.07, 6.45) is 0.619. The lowest BCUT2D eigenvalue weighted by atomic mass is 9.82. The summed E-state index contributed by atoms with van der Waals surface area (Å²) < 4.78 is 17.1. The molecule has 0 radical (unpaired) electrons. The van der Waals surface area contributed by atoms with Gasteiger partial charge in [-0.25, -0.2) is 4.79 Å². The Kier molecular flexibility index (Phi) is 9.67. The zero-order valence-corrected chi connectivity index (χ0v) is 24.9. The van der Waals surface area contributed by atoms with Gasteiger partial charge in [0.25, 0.3) is 11.6 Å². The van der Waals surface area contributed by atoms with E-state index in [4.69, 9.17) is 14.2 Å². The van der Waals surface area contributed by atoms with E-state index >= 15 is 0 Å². The second-order valence-corrected chi connectivity index (χ2v) is 10.8. The van der Waals surface area contributed by atoms with E-state index in [0.717, 1.165) is 22.2 Å². The summed E-state index contributed by atoms with van der Waals surface area (Å²) in [5.74, 6) is -1.80. The van der Waals surface area contributed by atoms with E-state index < -0.39 is 40.8 Å². The smallest absolute Gasteiger partial charge is 0.338 e. The van der Waals surface area contributed by atoms with Crippen molar-refractivity contribution in [3.63, 3.8) is 0 Å². The van der Waals surface area contributed by atoms with Crippen molar-refractivity contribution in [3.05, 3.63) is 111 Å². The highest BCUT2D eigenvalue weighted by Crippen LogP contribution is 2.30. The molecule has 1 amide bonds. The number of esters is 2. The molecule has 0 spiro atoms. The zero-order valence-electron chi connectivity index (χ0n) is 24.9. The van der Waals surface area contributed by atoms with Gasteiger partial charge in [0, 0.05) is 34.3 Å². The number of nitrogens with one attached hydrogen (secondary N) is 1. The van der Waals surface area contributed by atoms with Crippen molar-refractivity contribution in [2.75, 3.05) is 6.61 Å². The first-order valence-electron chi connectivity index (χ1n) is 14.7. The van der Waals surface area contributed by atoms with Gasteiger partial charge in [-0.05, 0) is 81.6 Å². The molecule has 3 aromatic carbocycles. The van der Waals surface area contributed by atoms with Crippen LogP contribution in [0.4, 0.5) is 5.69 Å². The van der Waals surface area contributed by atoms with E-state index in [9.17, 15) is 24.5 Å². The molecule has 1 saturated carbocycles. The van der Waals surface area contributed by atoms with Gasteiger partial charge in [0.05, 0.1) is 34.6 Å². The number of para-hydroxylation sites is 1. The third-order valence-corrected chi connectivity index (χ3v) is 7.74. The predicted molar refractivity (Wildman–Crippen MR) is 165 cm³/mol. The summed E-state index contributed by atoms with van der Waals surface area (Å²) in [5, 5.41) is 14.9. The molecule has 3 atom stereocenters. The van der Waals surface area contributed by atoms with Gasteiger partial charge in [-0.2, -0.15) is 0 Å². The highest BCUT2D eigenvalue weighted by molar-refractivity contribution is 5.95. The Balaban J connectivity index is 1.28. The van der Waals surface area contributed by atoms with Crippen molar-refractivity contribution in [2.45, 2.75) is 51.9 Å². The van der Waals surface area contributed by atoms with Gasteiger partial charge in [-0.3, -0.25) is 24.7 Å². The number of amides is 1. The zero-order chi connectivity index (χ0) is 31.9. The van der Waals surface area contributed by atoms with Crippen LogP contribution in [0.3, 0.4) is 0 Å². The fourth-order valence-electron chi connectivity index (χ4n) is 5.53. The average Bonchev–Trinajstić information content (AvgIpc) is 3.04. The van der Waals surface area contributed by atoms with Crippen molar-refractivity contribution in [1.29, 1.82) is 0 Å². The Morgan fingerprint density at radius 2 is 1.69 bits per heavy atom. The van der Waals surface area contributed by atoms with Gasteiger partial charge < -0.3 is 19.5 Å². The number of benzene rings is 3. The number of ether oxygens (including phenoxy) is 3. The van der Waals surface area contributed by atoms with Gasteiger partial charge in [0.1, 0.15) is 18.5 Å². The molecule has 45 heavy (non-hydrogen) atoms. The predicted octanol–water partition coefficient (Wildman–Crippen LogP) is 5.72. The quantitative estimate of drug-likeness (QED) is 0.135. The lowest BCUT2D eigenvalue weighted by molar-refractivity contribution is -0.384. The molecule has 232 valence electrons. The second-order valence-electron chi connectivity index (χ2n) is 10.8. The molecule has 0 aliphatic heterocycles. The highest BCUT2D eigenvalue weighted by atomic mass is 16.6. The Morgan fingerprint density at radius 3 is 2.40 bits per heavy atom. The normalized spacial score (nSPS) is 17.7. The van der Waals surface area contributed by atoms with Crippen LogP contribution < -0.4 is 10.1 Å². The Bertz CT molecular complexity index is 1710. The second kappa shape index (κ2) is 14.0. The number of nitro groups is 1. The number of aryl methyl sites for hydroxylation is 1. The van der Waals surface area contributed by atoms with Crippen LogP contribution in [0.2, 0.25) is 0 Å². The highest BCUT2D eigenvalue weighted by Gasteiger charge is 2.41. The molecule has 4 aromatic rings. The van der Waals surface area contributed by atoms with E-state index in [1.165, 1.54) is 24.3 Å². The summed E-state index contributed by atoms with van der Waals surface area (Å²) in [7, 11) is 0. The van der Waals surface area contributed by atoms with Crippen molar-refractivity contribution in [3.8, 4) is 5.75 Å². The largest absolute Gasteiger partial charge is 0.489 e. The monoisotopic (exact) mass is 611 g/mol. The molecule has 1 heterocycles. The van der Waals surface area contributed by atoms with Crippen LogP contribution in [-0.4, -0.2) is 46.5 Å². The van der Waals surface area contributed by atoms with Crippen LogP contribution in [0.25, 0.3) is 10.9 Å². The number of carbonyl (C=O) groups excluding carboxylic acids is 3. The Hall–Kier alpha value is -5.32. The van der Waals surface area contributed by atoms with Crippen molar-refractivity contribution >= 4 is 34.4 Å². The molecule has 0 bridgehead atoms. The number of hydrogen-bond donors (Lipinski definition) is 1. The lowest BCUT2D eigenvalue weighted by Crippen LogP contribution is -2.54. The number of carbonyl (C=O) groups is 3. The number of fused-ring (bicyclic) bond motifs is 1. The fourth-order valence-corrected chi connectivity index (χ4v) is 5.53. The topological polar surface area (TPSA) is 147 Å². The summed E-state index contributed by atoms with van der Waals surface area (Å²) >= 11 is 0. The SMILES string of the molecule is CCOC(=O)C1CCCC(OC(=O)c2ccc([N+](=O)[O-])cc2)C1NC(=O)c1ccc(OCc2cc(C)nc3ccccc23)cc1. The molecule has 0 saturated heterocycles. The first-order chi connectivity index (χ1) is 21.7. The maximum atomic E-state index is 13.4. The Morgan fingerprint density at radius 1 is 0.978 bits per heavy atom. The number of nitro benzene ring substituents is 1. The third kappa shape index (κ3) is 7.43. The first kappa shape index (κ1) is 31.1. The molecule has 11 nitrogen and oxygen atoms in total. The molecule has 1 aromatic heterocycles. The maximum absolute atomic E-state index is 13.4. The van der Waals surface area contributed by atoms with Gasteiger partial charge >= 0.3 is 11.9 Å². The van der Waals surface area contributed by atoms with Crippen molar-refractivity contribution in [1.82, 2.24) is 10.3 Å². The third-order valence-electron chi connectivity index (χ3n) is 7.74. The molecule has 3 unspecified atom stereocenters. The maximum Gasteiger partial charge on any atom is 0.338 e. The minimum Gasteiger partial charge on any atom is -0.489 e. The van der Waals surface area contributed by atoms with Crippen LogP contribution in [0.5, 0.6) is 5.75 Å². The number of non-ortho nitro benzene ring substituents is 1. The molecule has 1 aliphatic carbocycles. The standard InChI is InChI=1S/C34H33N3O8/c1-3-43-34(40)28-8-6-10-30(45-33(39)23-11-15-25(16-12-23)37(41)42)31(28)36-32(38)22-13-17-26(18-14-22)44-20-24-19-21(2)35-29-9-5-4-7-27(24)29/h4-5,7,9,11-19,28,30-31H,3,6,8,10,20H2,1-2H3,(H,36,38). The Labute approximate surface area is 259 Å². The molecular formula is C34H33N3O8. The number of aromatic nitrogens is 1. The van der Waals surface area contributed by atoms with Crippen LogP contribution in [0, 0.1) is 23.0 Å². The first-order valence-corrected chi connectivity index (χ1v) is 14.7. The van der Waals surface area contributed by atoms with Crippen LogP contribution >= 0.6 is 0 Å².